The van der Waals surface area contributed by atoms with Gasteiger partial charge in [0.1, 0.15) is 6.04 Å². The summed E-state index contributed by atoms with van der Waals surface area (Å²) in [4.78, 5) is 26.3. The molecule has 1 fully saturated rings. The lowest BCUT2D eigenvalue weighted by molar-refractivity contribution is -0.168. The fraction of sp³-hybridized carbons (Fsp3) is 0.857. The van der Waals surface area contributed by atoms with Crippen molar-refractivity contribution in [2.45, 2.75) is 46.1 Å². The molecule has 0 aromatic carbocycles. The normalized spacial score (nSPS) is 18.7. The van der Waals surface area contributed by atoms with Gasteiger partial charge >= 0.3 is 11.9 Å². The predicted octanol–water partition coefficient (Wildman–Crippen LogP) is 1.60. The van der Waals surface area contributed by atoms with Crippen molar-refractivity contribution in [3.05, 3.63) is 0 Å². The van der Waals surface area contributed by atoms with Crippen LogP contribution in [0.2, 0.25) is 0 Å². The summed E-state index contributed by atoms with van der Waals surface area (Å²) in [6, 6.07) is -0.572. The maximum Gasteiger partial charge on any atom is 0.324 e. The maximum absolute atomic E-state index is 12.1. The number of carbonyl (C=O) groups is 2. The number of nitrogens with zero attached hydrogens (tertiary/aromatic N) is 1. The van der Waals surface area contributed by atoms with Crippen LogP contribution in [0.25, 0.3) is 0 Å². The molecule has 0 bridgehead atoms. The summed E-state index contributed by atoms with van der Waals surface area (Å²) in [5, 5.41) is 0. The fourth-order valence-corrected chi connectivity index (χ4v) is 2.62. The van der Waals surface area contributed by atoms with Crippen LogP contribution in [-0.4, -0.2) is 49.7 Å². The molecule has 1 saturated heterocycles. The number of hydrogen-bond acceptors (Lipinski definition) is 5. The van der Waals surface area contributed by atoms with Crippen LogP contribution in [0.4, 0.5) is 0 Å². The van der Waals surface area contributed by atoms with Gasteiger partial charge in [-0.05, 0) is 46.7 Å². The molecule has 1 aliphatic rings. The molecule has 0 aromatic rings. The first-order chi connectivity index (χ1) is 8.95. The Bertz CT molecular complexity index is 321. The molecule has 0 aromatic heterocycles. The highest BCUT2D eigenvalue weighted by atomic mass is 16.5. The third-order valence-electron chi connectivity index (χ3n) is 3.67. The van der Waals surface area contributed by atoms with E-state index in [4.69, 9.17) is 9.47 Å². The number of rotatable bonds is 5. The van der Waals surface area contributed by atoms with E-state index in [1.807, 2.05) is 4.90 Å². The molecular weight excluding hydrogens is 246 g/mol. The highest BCUT2D eigenvalue weighted by molar-refractivity contribution is 5.87. The van der Waals surface area contributed by atoms with Gasteiger partial charge in [-0.15, -0.1) is 0 Å². The van der Waals surface area contributed by atoms with E-state index >= 15 is 0 Å². The van der Waals surface area contributed by atoms with Gasteiger partial charge in [0, 0.05) is 0 Å². The predicted molar refractivity (Wildman–Crippen MR) is 71.6 cm³/mol. The van der Waals surface area contributed by atoms with Gasteiger partial charge < -0.3 is 9.47 Å². The second-order valence-electron chi connectivity index (χ2n) is 5.46. The third kappa shape index (κ3) is 3.69. The molecule has 1 aliphatic heterocycles. The molecule has 1 atom stereocenters. The number of methoxy groups -OCH3 is 1. The number of esters is 2. The number of piperidine rings is 1. The second kappa shape index (κ2) is 6.89. The Hall–Kier alpha value is -1.10. The molecule has 0 amide bonds. The number of hydrogen-bond donors (Lipinski definition) is 0. The van der Waals surface area contributed by atoms with Crippen molar-refractivity contribution in [1.82, 2.24) is 4.90 Å². The number of carbonyl (C=O) groups excluding carboxylic acids is 2. The minimum Gasteiger partial charge on any atom is -0.468 e. The minimum absolute atomic E-state index is 0.316. The van der Waals surface area contributed by atoms with Gasteiger partial charge in [0.05, 0.1) is 19.1 Å². The molecule has 19 heavy (non-hydrogen) atoms. The summed E-state index contributed by atoms with van der Waals surface area (Å²) < 4.78 is 9.99. The zero-order valence-corrected chi connectivity index (χ0v) is 12.4. The molecule has 5 heteroatoms. The summed E-state index contributed by atoms with van der Waals surface area (Å²) >= 11 is 0. The van der Waals surface area contributed by atoms with E-state index in [1.54, 1.807) is 20.8 Å². The number of likely N-dealkylation sites (tertiary alicyclic amines) is 1. The summed E-state index contributed by atoms with van der Waals surface area (Å²) in [5.74, 6) is -0.712. The maximum atomic E-state index is 12.1. The molecule has 1 unspecified atom stereocenters. The van der Waals surface area contributed by atoms with Gasteiger partial charge in [0.2, 0.25) is 0 Å². The molecule has 0 saturated carbocycles. The quantitative estimate of drug-likeness (QED) is 0.711. The van der Waals surface area contributed by atoms with E-state index < -0.39 is 11.5 Å². The van der Waals surface area contributed by atoms with Crippen LogP contribution in [0.3, 0.4) is 0 Å². The summed E-state index contributed by atoms with van der Waals surface area (Å²) in [6.07, 6.45) is 3.27. The highest BCUT2D eigenvalue weighted by Crippen LogP contribution is 2.30. The molecule has 110 valence electrons. The zero-order chi connectivity index (χ0) is 14.5. The van der Waals surface area contributed by atoms with Crippen molar-refractivity contribution < 1.29 is 19.1 Å². The van der Waals surface area contributed by atoms with Crippen LogP contribution >= 0.6 is 0 Å². The first-order valence-corrected chi connectivity index (χ1v) is 6.94. The van der Waals surface area contributed by atoms with Crippen LogP contribution in [-0.2, 0) is 19.1 Å². The lowest BCUT2D eigenvalue weighted by atomic mass is 9.82. The Morgan fingerprint density at radius 3 is 2.26 bits per heavy atom. The first kappa shape index (κ1) is 16.0. The van der Waals surface area contributed by atoms with Crippen LogP contribution in [0.1, 0.15) is 40.0 Å². The van der Waals surface area contributed by atoms with E-state index in [1.165, 1.54) is 13.5 Å². The Morgan fingerprint density at radius 1 is 1.21 bits per heavy atom. The molecule has 1 heterocycles. The van der Waals surface area contributed by atoms with Crippen LogP contribution in [0, 0.1) is 5.41 Å². The second-order valence-corrected chi connectivity index (χ2v) is 5.46. The Balaban J connectivity index is 2.94. The Morgan fingerprint density at radius 2 is 1.79 bits per heavy atom. The average molecular weight is 271 g/mol. The third-order valence-corrected chi connectivity index (χ3v) is 3.67. The molecule has 5 nitrogen and oxygen atoms in total. The molecule has 0 radical (unpaired) electrons. The van der Waals surface area contributed by atoms with Gasteiger partial charge in [-0.3, -0.25) is 14.5 Å². The smallest absolute Gasteiger partial charge is 0.324 e. The van der Waals surface area contributed by atoms with E-state index in [2.05, 4.69) is 0 Å². The van der Waals surface area contributed by atoms with Crippen molar-refractivity contribution in [1.29, 1.82) is 0 Å². The van der Waals surface area contributed by atoms with E-state index in [-0.39, 0.29) is 11.9 Å². The SMILES string of the molecule is CCOC(=O)C(C)(C)C(C(=O)OC)N1CCCCC1. The topological polar surface area (TPSA) is 55.8 Å². The monoisotopic (exact) mass is 271 g/mol. The molecule has 0 spiro atoms. The molecule has 0 aliphatic carbocycles. The van der Waals surface area contributed by atoms with Crippen molar-refractivity contribution in [2.24, 2.45) is 5.41 Å². The van der Waals surface area contributed by atoms with E-state index in [0.717, 1.165) is 25.9 Å². The van der Waals surface area contributed by atoms with Crippen molar-refractivity contribution >= 4 is 11.9 Å². The minimum atomic E-state index is -0.902. The van der Waals surface area contributed by atoms with Crippen molar-refractivity contribution in [2.75, 3.05) is 26.8 Å². The van der Waals surface area contributed by atoms with Crippen LogP contribution in [0.5, 0.6) is 0 Å². The van der Waals surface area contributed by atoms with Gasteiger partial charge in [-0.25, -0.2) is 0 Å². The summed E-state index contributed by atoms with van der Waals surface area (Å²) in [5.41, 5.74) is -0.902. The van der Waals surface area contributed by atoms with Crippen molar-refractivity contribution in [3.63, 3.8) is 0 Å². The summed E-state index contributed by atoms with van der Waals surface area (Å²) in [7, 11) is 1.36. The van der Waals surface area contributed by atoms with Crippen LogP contribution in [0.15, 0.2) is 0 Å². The average Bonchev–Trinajstić information content (AvgIpc) is 2.40. The van der Waals surface area contributed by atoms with Crippen molar-refractivity contribution in [3.8, 4) is 0 Å². The van der Waals surface area contributed by atoms with E-state index in [9.17, 15) is 9.59 Å². The van der Waals surface area contributed by atoms with Gasteiger partial charge in [-0.1, -0.05) is 6.42 Å². The Kier molecular flexibility index (Phi) is 5.79. The lowest BCUT2D eigenvalue weighted by Crippen LogP contribution is -2.55. The fourth-order valence-electron chi connectivity index (χ4n) is 2.62. The molecular formula is C14H25NO4. The first-order valence-electron chi connectivity index (χ1n) is 6.94. The number of ether oxygens (including phenoxy) is 2. The zero-order valence-electron chi connectivity index (χ0n) is 12.4. The Labute approximate surface area is 115 Å². The van der Waals surface area contributed by atoms with E-state index in [0.29, 0.717) is 6.61 Å². The molecule has 0 N–H and O–H groups in total. The lowest BCUT2D eigenvalue weighted by Gasteiger charge is -2.40. The highest BCUT2D eigenvalue weighted by Gasteiger charge is 2.46. The summed E-state index contributed by atoms with van der Waals surface area (Å²) in [6.45, 7) is 7.23. The standard InChI is InChI=1S/C14H25NO4/c1-5-19-13(17)14(2,3)11(12(16)18-4)15-9-7-6-8-10-15/h11H,5-10H2,1-4H3. The van der Waals surface area contributed by atoms with Gasteiger partial charge in [0.15, 0.2) is 0 Å². The largest absolute Gasteiger partial charge is 0.468 e. The molecule has 1 rings (SSSR count). The van der Waals surface area contributed by atoms with Crippen LogP contribution < -0.4 is 0 Å². The van der Waals surface area contributed by atoms with Gasteiger partial charge in [-0.2, -0.15) is 0 Å². The van der Waals surface area contributed by atoms with Gasteiger partial charge in [0.25, 0.3) is 0 Å².